The van der Waals surface area contributed by atoms with Gasteiger partial charge in [0.2, 0.25) is 22.7 Å². The van der Waals surface area contributed by atoms with Gasteiger partial charge in [-0.05, 0) is 42.7 Å². The van der Waals surface area contributed by atoms with Crippen LogP contribution in [0, 0.1) is 5.92 Å². The van der Waals surface area contributed by atoms with E-state index in [0.29, 0.717) is 44.0 Å². The highest BCUT2D eigenvalue weighted by atomic mass is 32.2. The molecule has 11 heteroatoms. The highest BCUT2D eigenvalue weighted by molar-refractivity contribution is 7.89. The van der Waals surface area contributed by atoms with Gasteiger partial charge in [-0.15, -0.1) is 0 Å². The van der Waals surface area contributed by atoms with Gasteiger partial charge in [-0.2, -0.15) is 4.31 Å². The molecule has 0 saturated carbocycles. The van der Waals surface area contributed by atoms with Gasteiger partial charge in [0.25, 0.3) is 0 Å². The number of sulfonamides is 1. The zero-order valence-corrected chi connectivity index (χ0v) is 22.0. The first-order chi connectivity index (χ1) is 17.9. The van der Waals surface area contributed by atoms with Crippen molar-refractivity contribution in [2.75, 3.05) is 60.3 Å². The Balaban J connectivity index is 1.18. The van der Waals surface area contributed by atoms with E-state index in [1.54, 1.807) is 6.07 Å². The maximum absolute atomic E-state index is 13.4. The molecule has 0 radical (unpaired) electrons. The van der Waals surface area contributed by atoms with Gasteiger partial charge in [0.05, 0.1) is 25.0 Å². The number of methoxy groups -OCH3 is 2. The standard InChI is InChI=1S/C26H33N3O7S/c1-33-22-8-6-21(15-24(22)34-2)37(31,32)29-9-3-4-20(17-29)26(30)28-12-10-27(11-13-28)16-19-5-7-23-25(14-19)36-18-35-23/h5-8,14-15,20H,3-4,9-13,16-18H2,1-2H3/t20-/m1/s1. The number of amides is 1. The Bertz CT molecular complexity index is 1240. The minimum atomic E-state index is -3.76. The second-order valence-corrected chi connectivity index (χ2v) is 11.4. The summed E-state index contributed by atoms with van der Waals surface area (Å²) in [6.07, 6.45) is 1.33. The summed E-state index contributed by atoms with van der Waals surface area (Å²) in [5.74, 6) is 2.06. The van der Waals surface area contributed by atoms with E-state index in [-0.39, 0.29) is 30.1 Å². The lowest BCUT2D eigenvalue weighted by Crippen LogP contribution is -2.52. The molecule has 3 heterocycles. The first-order valence-corrected chi connectivity index (χ1v) is 13.9. The third-order valence-corrected chi connectivity index (χ3v) is 9.11. The van der Waals surface area contributed by atoms with Crippen molar-refractivity contribution in [3.05, 3.63) is 42.0 Å². The van der Waals surface area contributed by atoms with Crippen LogP contribution in [0.3, 0.4) is 0 Å². The number of fused-ring (bicyclic) bond motifs is 1. The van der Waals surface area contributed by atoms with Crippen LogP contribution < -0.4 is 18.9 Å². The minimum absolute atomic E-state index is 0.0370. The molecule has 0 N–H and O–H groups in total. The lowest BCUT2D eigenvalue weighted by Gasteiger charge is -2.38. The molecule has 2 saturated heterocycles. The fourth-order valence-corrected chi connectivity index (χ4v) is 6.71. The van der Waals surface area contributed by atoms with Gasteiger partial charge >= 0.3 is 0 Å². The SMILES string of the molecule is COc1ccc(S(=O)(=O)N2CCC[C@@H](C(=O)N3CCN(Cc4ccc5c(c4)OCO5)CC3)C2)cc1OC. The van der Waals surface area contributed by atoms with Gasteiger partial charge in [0.15, 0.2) is 23.0 Å². The molecule has 0 aromatic heterocycles. The van der Waals surface area contributed by atoms with Gasteiger partial charge in [0, 0.05) is 51.9 Å². The van der Waals surface area contributed by atoms with Gasteiger partial charge < -0.3 is 23.8 Å². The molecule has 0 aliphatic carbocycles. The second-order valence-electron chi connectivity index (χ2n) is 9.51. The van der Waals surface area contributed by atoms with Crippen molar-refractivity contribution >= 4 is 15.9 Å². The third kappa shape index (κ3) is 5.34. The molecule has 37 heavy (non-hydrogen) atoms. The molecule has 1 amide bonds. The van der Waals surface area contributed by atoms with Crippen molar-refractivity contribution in [2.45, 2.75) is 24.3 Å². The number of benzene rings is 2. The van der Waals surface area contributed by atoms with E-state index in [0.717, 1.165) is 36.7 Å². The number of carbonyl (C=O) groups excluding carboxylic acids is 1. The van der Waals surface area contributed by atoms with Crippen LogP contribution >= 0.6 is 0 Å². The Kier molecular flexibility index (Phi) is 7.45. The Labute approximate surface area is 217 Å². The van der Waals surface area contributed by atoms with Crippen molar-refractivity contribution in [2.24, 2.45) is 5.92 Å². The topological polar surface area (TPSA) is 97.9 Å². The van der Waals surface area contributed by atoms with E-state index in [9.17, 15) is 13.2 Å². The van der Waals surface area contributed by atoms with Crippen molar-refractivity contribution in [1.29, 1.82) is 0 Å². The van der Waals surface area contributed by atoms with Crippen LogP contribution in [0.2, 0.25) is 0 Å². The number of hydrogen-bond acceptors (Lipinski definition) is 8. The minimum Gasteiger partial charge on any atom is -0.493 e. The highest BCUT2D eigenvalue weighted by Gasteiger charge is 2.36. The fraction of sp³-hybridized carbons (Fsp3) is 0.500. The molecule has 0 unspecified atom stereocenters. The number of piperidine rings is 1. The van der Waals surface area contributed by atoms with Crippen LogP contribution in [0.5, 0.6) is 23.0 Å². The van der Waals surface area contributed by atoms with Gasteiger partial charge in [-0.25, -0.2) is 8.42 Å². The zero-order valence-electron chi connectivity index (χ0n) is 21.2. The maximum Gasteiger partial charge on any atom is 0.243 e. The molecule has 2 aromatic carbocycles. The van der Waals surface area contributed by atoms with E-state index in [4.69, 9.17) is 18.9 Å². The quantitative estimate of drug-likeness (QED) is 0.536. The Morgan fingerprint density at radius 2 is 1.70 bits per heavy atom. The second kappa shape index (κ2) is 10.8. The Hall–Kier alpha value is -3.02. The molecule has 0 bridgehead atoms. The van der Waals surface area contributed by atoms with Crippen molar-refractivity contribution < 1.29 is 32.2 Å². The average Bonchev–Trinajstić information content (AvgIpc) is 3.41. The van der Waals surface area contributed by atoms with Crippen molar-refractivity contribution in [3.63, 3.8) is 0 Å². The first-order valence-electron chi connectivity index (χ1n) is 12.5. The molecule has 2 aromatic rings. The molecule has 10 nitrogen and oxygen atoms in total. The number of rotatable bonds is 7. The van der Waals surface area contributed by atoms with E-state index < -0.39 is 10.0 Å². The van der Waals surface area contributed by atoms with Crippen molar-refractivity contribution in [1.82, 2.24) is 14.1 Å². The Morgan fingerprint density at radius 3 is 2.46 bits per heavy atom. The highest BCUT2D eigenvalue weighted by Crippen LogP contribution is 2.34. The summed E-state index contributed by atoms with van der Waals surface area (Å²) in [6.45, 7) is 4.40. The van der Waals surface area contributed by atoms with Gasteiger partial charge in [-0.1, -0.05) is 6.07 Å². The summed E-state index contributed by atoms with van der Waals surface area (Å²) in [6, 6.07) is 10.6. The van der Waals surface area contributed by atoms with Crippen LogP contribution in [-0.2, 0) is 21.4 Å². The largest absolute Gasteiger partial charge is 0.493 e. The molecular weight excluding hydrogens is 498 g/mol. The van der Waals surface area contributed by atoms with Crippen LogP contribution in [-0.4, -0.2) is 88.7 Å². The van der Waals surface area contributed by atoms with E-state index in [1.165, 1.54) is 30.7 Å². The molecule has 3 aliphatic rings. The van der Waals surface area contributed by atoms with Crippen molar-refractivity contribution in [3.8, 4) is 23.0 Å². The first kappa shape index (κ1) is 25.6. The third-order valence-electron chi connectivity index (χ3n) is 7.25. The van der Waals surface area contributed by atoms with Crippen LogP contribution in [0.1, 0.15) is 18.4 Å². The molecule has 200 valence electrons. The predicted molar refractivity (Wildman–Crippen MR) is 135 cm³/mol. The molecule has 0 spiro atoms. The maximum atomic E-state index is 13.4. The summed E-state index contributed by atoms with van der Waals surface area (Å²) in [7, 11) is -0.790. The normalized spacial score (nSPS) is 20.6. The summed E-state index contributed by atoms with van der Waals surface area (Å²) in [4.78, 5) is 17.7. The summed E-state index contributed by atoms with van der Waals surface area (Å²) < 4.78 is 49.5. The summed E-state index contributed by atoms with van der Waals surface area (Å²) in [5.41, 5.74) is 1.15. The average molecular weight is 532 g/mol. The molecule has 3 aliphatic heterocycles. The molecule has 5 rings (SSSR count). The number of carbonyl (C=O) groups is 1. The number of piperazine rings is 1. The van der Waals surface area contributed by atoms with Gasteiger partial charge in [0.1, 0.15) is 0 Å². The number of ether oxygens (including phenoxy) is 4. The lowest BCUT2D eigenvalue weighted by atomic mass is 9.97. The molecule has 2 fully saturated rings. The predicted octanol–water partition coefficient (Wildman–Crippen LogP) is 2.18. The van der Waals surface area contributed by atoms with Crippen LogP contribution in [0.15, 0.2) is 41.3 Å². The number of hydrogen-bond donors (Lipinski definition) is 0. The van der Waals surface area contributed by atoms with Gasteiger partial charge in [-0.3, -0.25) is 9.69 Å². The zero-order chi connectivity index (χ0) is 26.0. The smallest absolute Gasteiger partial charge is 0.243 e. The van der Waals surface area contributed by atoms with E-state index in [2.05, 4.69) is 4.90 Å². The molecule has 1 atom stereocenters. The summed E-state index contributed by atoms with van der Waals surface area (Å²) in [5, 5.41) is 0. The van der Waals surface area contributed by atoms with Crippen LogP contribution in [0.4, 0.5) is 0 Å². The Morgan fingerprint density at radius 1 is 0.946 bits per heavy atom. The molecular formula is C26H33N3O7S. The van der Waals surface area contributed by atoms with Crippen LogP contribution in [0.25, 0.3) is 0 Å². The monoisotopic (exact) mass is 531 g/mol. The summed E-state index contributed by atoms with van der Waals surface area (Å²) >= 11 is 0. The van der Waals surface area contributed by atoms with E-state index in [1.807, 2.05) is 23.1 Å². The van der Waals surface area contributed by atoms with E-state index >= 15 is 0 Å². The lowest BCUT2D eigenvalue weighted by molar-refractivity contribution is -0.138. The fourth-order valence-electron chi connectivity index (χ4n) is 5.17. The number of nitrogens with zero attached hydrogens (tertiary/aromatic N) is 3.